The standard InChI is InChI=1S/C13H19N5O/c1-9-10(2)15-13-12(14-9)16-11(17(13)3)8-18-4-6-19-7-5-18/h4-8H2,1-3H3. The summed E-state index contributed by atoms with van der Waals surface area (Å²) in [5.74, 6) is 1.02. The van der Waals surface area contributed by atoms with E-state index in [9.17, 15) is 0 Å². The molecule has 0 atom stereocenters. The maximum atomic E-state index is 5.36. The Morgan fingerprint density at radius 1 is 1.05 bits per heavy atom. The van der Waals surface area contributed by atoms with Gasteiger partial charge in [-0.25, -0.2) is 15.0 Å². The molecule has 0 saturated carbocycles. The average Bonchev–Trinajstić information content (AvgIpc) is 2.69. The normalized spacial score (nSPS) is 17.2. The quantitative estimate of drug-likeness (QED) is 0.801. The molecule has 1 aliphatic rings. The first-order valence-corrected chi connectivity index (χ1v) is 6.62. The molecular formula is C13H19N5O. The zero-order valence-corrected chi connectivity index (χ0v) is 11.7. The minimum atomic E-state index is 0.744. The number of hydrogen-bond acceptors (Lipinski definition) is 5. The third-order valence-corrected chi connectivity index (χ3v) is 3.68. The Morgan fingerprint density at radius 2 is 1.74 bits per heavy atom. The van der Waals surface area contributed by atoms with Crippen LogP contribution < -0.4 is 0 Å². The van der Waals surface area contributed by atoms with E-state index in [1.54, 1.807) is 0 Å². The van der Waals surface area contributed by atoms with Crippen molar-refractivity contribution in [3.63, 3.8) is 0 Å². The number of aromatic nitrogens is 4. The molecule has 102 valence electrons. The second-order valence-corrected chi connectivity index (χ2v) is 5.02. The summed E-state index contributed by atoms with van der Waals surface area (Å²) in [5, 5.41) is 0. The van der Waals surface area contributed by atoms with Crippen molar-refractivity contribution in [2.75, 3.05) is 26.3 Å². The van der Waals surface area contributed by atoms with Crippen molar-refractivity contribution in [1.29, 1.82) is 0 Å². The molecule has 6 heteroatoms. The van der Waals surface area contributed by atoms with Crippen LogP contribution in [0.1, 0.15) is 17.2 Å². The van der Waals surface area contributed by atoms with Crippen LogP contribution in [0.5, 0.6) is 0 Å². The molecular weight excluding hydrogens is 242 g/mol. The Morgan fingerprint density at radius 3 is 2.47 bits per heavy atom. The third kappa shape index (κ3) is 2.33. The van der Waals surface area contributed by atoms with Crippen molar-refractivity contribution < 1.29 is 4.74 Å². The van der Waals surface area contributed by atoms with E-state index in [1.807, 2.05) is 25.5 Å². The van der Waals surface area contributed by atoms with Gasteiger partial charge >= 0.3 is 0 Å². The Bertz CT molecular complexity index is 601. The molecule has 0 aromatic carbocycles. The topological polar surface area (TPSA) is 56.1 Å². The van der Waals surface area contributed by atoms with Crippen LogP contribution in [0.4, 0.5) is 0 Å². The van der Waals surface area contributed by atoms with Crippen LogP contribution in [-0.2, 0) is 18.3 Å². The number of aryl methyl sites for hydroxylation is 3. The molecule has 0 amide bonds. The first-order chi connectivity index (χ1) is 9.15. The van der Waals surface area contributed by atoms with E-state index in [4.69, 9.17) is 4.74 Å². The highest BCUT2D eigenvalue weighted by atomic mass is 16.5. The molecule has 1 saturated heterocycles. The average molecular weight is 261 g/mol. The van der Waals surface area contributed by atoms with E-state index in [-0.39, 0.29) is 0 Å². The Kier molecular flexibility index (Phi) is 3.20. The van der Waals surface area contributed by atoms with Crippen molar-refractivity contribution in [2.45, 2.75) is 20.4 Å². The predicted octanol–water partition coefficient (Wildman–Crippen LogP) is 0.812. The first-order valence-electron chi connectivity index (χ1n) is 6.62. The van der Waals surface area contributed by atoms with Crippen LogP contribution in [0.2, 0.25) is 0 Å². The molecule has 1 fully saturated rings. The number of fused-ring (bicyclic) bond motifs is 1. The molecule has 2 aromatic heterocycles. The van der Waals surface area contributed by atoms with Crippen LogP contribution in [-0.4, -0.2) is 50.7 Å². The van der Waals surface area contributed by atoms with Gasteiger partial charge in [0.15, 0.2) is 11.3 Å². The second kappa shape index (κ2) is 4.86. The van der Waals surface area contributed by atoms with Crippen LogP contribution in [0.3, 0.4) is 0 Å². The number of ether oxygens (including phenoxy) is 1. The van der Waals surface area contributed by atoms with E-state index in [1.165, 1.54) is 0 Å². The van der Waals surface area contributed by atoms with Gasteiger partial charge in [-0.2, -0.15) is 0 Å². The van der Waals surface area contributed by atoms with Crippen molar-refractivity contribution >= 4 is 11.3 Å². The monoisotopic (exact) mass is 261 g/mol. The molecule has 0 radical (unpaired) electrons. The van der Waals surface area contributed by atoms with Gasteiger partial charge in [-0.3, -0.25) is 4.90 Å². The maximum absolute atomic E-state index is 5.36. The fourth-order valence-corrected chi connectivity index (χ4v) is 2.30. The van der Waals surface area contributed by atoms with Gasteiger partial charge < -0.3 is 9.30 Å². The van der Waals surface area contributed by atoms with Gasteiger partial charge in [0.1, 0.15) is 5.82 Å². The smallest absolute Gasteiger partial charge is 0.198 e. The van der Waals surface area contributed by atoms with E-state index in [2.05, 4.69) is 19.9 Å². The first kappa shape index (κ1) is 12.5. The lowest BCUT2D eigenvalue weighted by atomic mass is 10.3. The Hall–Kier alpha value is -1.53. The number of hydrogen-bond donors (Lipinski definition) is 0. The van der Waals surface area contributed by atoms with Crippen LogP contribution in [0.15, 0.2) is 0 Å². The summed E-state index contributed by atoms with van der Waals surface area (Å²) >= 11 is 0. The second-order valence-electron chi connectivity index (χ2n) is 5.02. The summed E-state index contributed by atoms with van der Waals surface area (Å²) in [6, 6.07) is 0. The summed E-state index contributed by atoms with van der Waals surface area (Å²) in [6.45, 7) is 8.31. The van der Waals surface area contributed by atoms with E-state index in [0.29, 0.717) is 0 Å². The van der Waals surface area contributed by atoms with Crippen molar-refractivity contribution in [1.82, 2.24) is 24.4 Å². The lowest BCUT2D eigenvalue weighted by Gasteiger charge is -2.25. The van der Waals surface area contributed by atoms with Crippen LogP contribution in [0.25, 0.3) is 11.3 Å². The number of imidazole rings is 1. The lowest BCUT2D eigenvalue weighted by Crippen LogP contribution is -2.36. The fourth-order valence-electron chi connectivity index (χ4n) is 2.30. The highest BCUT2D eigenvalue weighted by Gasteiger charge is 2.16. The molecule has 2 aromatic rings. The van der Waals surface area contributed by atoms with E-state index < -0.39 is 0 Å². The van der Waals surface area contributed by atoms with Gasteiger partial charge in [-0.05, 0) is 13.8 Å². The van der Waals surface area contributed by atoms with Crippen molar-refractivity contribution in [3.05, 3.63) is 17.2 Å². The van der Waals surface area contributed by atoms with Crippen molar-refractivity contribution in [2.24, 2.45) is 7.05 Å². The Balaban J connectivity index is 1.93. The summed E-state index contributed by atoms with van der Waals surface area (Å²) < 4.78 is 7.41. The zero-order chi connectivity index (χ0) is 13.4. The number of nitrogens with zero attached hydrogens (tertiary/aromatic N) is 5. The van der Waals surface area contributed by atoms with Gasteiger partial charge in [0.2, 0.25) is 0 Å². The largest absolute Gasteiger partial charge is 0.379 e. The maximum Gasteiger partial charge on any atom is 0.198 e. The van der Waals surface area contributed by atoms with E-state index >= 15 is 0 Å². The predicted molar refractivity (Wildman–Crippen MR) is 71.9 cm³/mol. The molecule has 0 N–H and O–H groups in total. The minimum absolute atomic E-state index is 0.744. The van der Waals surface area contributed by atoms with Gasteiger partial charge in [-0.1, -0.05) is 0 Å². The van der Waals surface area contributed by atoms with Gasteiger partial charge in [0, 0.05) is 20.1 Å². The fraction of sp³-hybridized carbons (Fsp3) is 0.615. The van der Waals surface area contributed by atoms with E-state index in [0.717, 1.165) is 61.4 Å². The summed E-state index contributed by atoms with van der Waals surface area (Å²) in [6.07, 6.45) is 0. The Labute approximate surface area is 112 Å². The summed E-state index contributed by atoms with van der Waals surface area (Å²) in [5.41, 5.74) is 3.53. The van der Waals surface area contributed by atoms with Gasteiger partial charge in [-0.15, -0.1) is 0 Å². The number of rotatable bonds is 2. The molecule has 0 unspecified atom stereocenters. The summed E-state index contributed by atoms with van der Waals surface area (Å²) in [7, 11) is 2.01. The molecule has 19 heavy (non-hydrogen) atoms. The minimum Gasteiger partial charge on any atom is -0.379 e. The highest BCUT2D eigenvalue weighted by molar-refractivity contribution is 5.67. The number of morpholine rings is 1. The van der Waals surface area contributed by atoms with Crippen LogP contribution >= 0.6 is 0 Å². The molecule has 0 bridgehead atoms. The van der Waals surface area contributed by atoms with Crippen molar-refractivity contribution in [3.8, 4) is 0 Å². The third-order valence-electron chi connectivity index (χ3n) is 3.68. The molecule has 0 aliphatic carbocycles. The summed E-state index contributed by atoms with van der Waals surface area (Å²) in [4.78, 5) is 16.1. The van der Waals surface area contributed by atoms with Gasteiger partial charge in [0.05, 0.1) is 31.1 Å². The SMILES string of the molecule is Cc1nc2nc(CN3CCOCC3)n(C)c2nc1C. The zero-order valence-electron chi connectivity index (χ0n) is 11.7. The van der Waals surface area contributed by atoms with Crippen LogP contribution in [0, 0.1) is 13.8 Å². The molecule has 3 heterocycles. The highest BCUT2D eigenvalue weighted by Crippen LogP contribution is 2.15. The molecule has 0 spiro atoms. The lowest BCUT2D eigenvalue weighted by molar-refractivity contribution is 0.0327. The molecule has 3 rings (SSSR count). The van der Waals surface area contributed by atoms with Gasteiger partial charge in [0.25, 0.3) is 0 Å². The molecule has 1 aliphatic heterocycles. The molecule has 6 nitrogen and oxygen atoms in total.